The molecule has 0 saturated heterocycles. The predicted octanol–water partition coefficient (Wildman–Crippen LogP) is 3.93. The van der Waals surface area contributed by atoms with Gasteiger partial charge in [-0.2, -0.15) is 0 Å². The van der Waals surface area contributed by atoms with Crippen molar-refractivity contribution in [1.29, 1.82) is 0 Å². The second-order valence-electron chi connectivity index (χ2n) is 4.69. The zero-order valence-corrected chi connectivity index (χ0v) is 11.6. The van der Waals surface area contributed by atoms with Crippen molar-refractivity contribution in [1.82, 2.24) is 4.98 Å². The van der Waals surface area contributed by atoms with Gasteiger partial charge in [0.2, 0.25) is 0 Å². The van der Waals surface area contributed by atoms with Gasteiger partial charge in [0.25, 0.3) is 0 Å². The van der Waals surface area contributed by atoms with Crippen molar-refractivity contribution in [2.24, 2.45) is 0 Å². The Morgan fingerprint density at radius 3 is 2.42 bits per heavy atom. The molecule has 100 valence electrons. The maximum atomic E-state index is 9.67. The van der Waals surface area contributed by atoms with E-state index in [0.717, 1.165) is 5.75 Å². The van der Waals surface area contributed by atoms with Crippen molar-refractivity contribution < 1.29 is 9.84 Å². The van der Waals surface area contributed by atoms with E-state index in [2.05, 4.69) is 18.8 Å². The predicted molar refractivity (Wildman–Crippen MR) is 75.5 cm³/mol. The lowest BCUT2D eigenvalue weighted by molar-refractivity contribution is 0.169. The molecule has 2 aromatic rings. The Labute approximate surface area is 113 Å². The van der Waals surface area contributed by atoms with Gasteiger partial charge >= 0.3 is 0 Å². The maximum Gasteiger partial charge on any atom is 0.145 e. The number of pyridine rings is 1. The second kappa shape index (κ2) is 5.85. The van der Waals surface area contributed by atoms with Crippen molar-refractivity contribution >= 4 is 0 Å². The van der Waals surface area contributed by atoms with E-state index >= 15 is 0 Å². The first-order valence-electron chi connectivity index (χ1n) is 6.49. The fourth-order valence-corrected chi connectivity index (χ4v) is 1.77. The van der Waals surface area contributed by atoms with Crippen LogP contribution >= 0.6 is 0 Å². The van der Waals surface area contributed by atoms with Crippen LogP contribution in [0.3, 0.4) is 0 Å². The third-order valence-electron chi connectivity index (χ3n) is 3.20. The fourth-order valence-electron chi connectivity index (χ4n) is 1.77. The summed E-state index contributed by atoms with van der Waals surface area (Å²) >= 11 is 0. The number of nitrogens with zero attached hydrogens (tertiary/aromatic N) is 1. The molecule has 0 fully saturated rings. The van der Waals surface area contributed by atoms with E-state index in [9.17, 15) is 5.11 Å². The number of hydrogen-bond donors (Lipinski definition) is 1. The lowest BCUT2D eigenvalue weighted by atomic mass is 10.1. The average Bonchev–Trinajstić information content (AvgIpc) is 2.43. The number of aliphatic hydroxyl groups excluding tert-OH is 1. The third kappa shape index (κ3) is 3.32. The van der Waals surface area contributed by atoms with Crippen molar-refractivity contribution in [2.45, 2.75) is 33.3 Å². The van der Waals surface area contributed by atoms with Crippen molar-refractivity contribution in [3.8, 4) is 11.5 Å². The van der Waals surface area contributed by atoms with Gasteiger partial charge in [0.05, 0.1) is 18.0 Å². The molecule has 0 spiro atoms. The number of benzene rings is 1. The molecule has 3 heteroatoms. The zero-order valence-electron chi connectivity index (χ0n) is 11.6. The zero-order chi connectivity index (χ0) is 13.8. The van der Waals surface area contributed by atoms with E-state index in [-0.39, 0.29) is 0 Å². The standard InChI is InChI=1S/C16H19NO2/c1-4-16(18)15-8-7-14(10-17-15)19-13-6-5-11(2)12(3)9-13/h5-10,16,18H,4H2,1-3H3/t16-/m1/s1. The van der Waals surface area contributed by atoms with Gasteiger partial charge in [0.1, 0.15) is 11.5 Å². The lowest BCUT2D eigenvalue weighted by Crippen LogP contribution is -1.98. The average molecular weight is 257 g/mol. The van der Waals surface area contributed by atoms with Gasteiger partial charge in [-0.25, -0.2) is 0 Å². The molecule has 0 saturated carbocycles. The molecular formula is C16H19NO2. The molecular weight excluding hydrogens is 238 g/mol. The van der Waals surface area contributed by atoms with Crippen LogP contribution in [0.2, 0.25) is 0 Å². The first-order chi connectivity index (χ1) is 9.10. The maximum absolute atomic E-state index is 9.67. The minimum atomic E-state index is -0.504. The molecule has 1 N–H and O–H groups in total. The lowest BCUT2D eigenvalue weighted by Gasteiger charge is -2.10. The number of aromatic nitrogens is 1. The Hall–Kier alpha value is -1.87. The van der Waals surface area contributed by atoms with Crippen LogP contribution in [0.4, 0.5) is 0 Å². The van der Waals surface area contributed by atoms with Crippen molar-refractivity contribution in [3.05, 3.63) is 53.3 Å². The highest BCUT2D eigenvalue weighted by atomic mass is 16.5. The molecule has 0 aliphatic heterocycles. The molecule has 0 amide bonds. The molecule has 1 aromatic heterocycles. The third-order valence-corrected chi connectivity index (χ3v) is 3.20. The van der Waals surface area contributed by atoms with Gasteiger partial charge in [-0.05, 0) is 55.7 Å². The van der Waals surface area contributed by atoms with Crippen LogP contribution in [0.25, 0.3) is 0 Å². The smallest absolute Gasteiger partial charge is 0.145 e. The number of hydrogen-bond acceptors (Lipinski definition) is 3. The van der Waals surface area contributed by atoms with E-state index in [1.165, 1.54) is 11.1 Å². The summed E-state index contributed by atoms with van der Waals surface area (Å²) < 4.78 is 5.74. The van der Waals surface area contributed by atoms with Crippen LogP contribution in [-0.4, -0.2) is 10.1 Å². The largest absolute Gasteiger partial charge is 0.456 e. The van der Waals surface area contributed by atoms with E-state index in [0.29, 0.717) is 17.9 Å². The van der Waals surface area contributed by atoms with Crippen LogP contribution in [0.1, 0.15) is 36.3 Å². The molecule has 1 heterocycles. The summed E-state index contributed by atoms with van der Waals surface area (Å²) in [7, 11) is 0. The Balaban J connectivity index is 2.12. The van der Waals surface area contributed by atoms with E-state index in [1.54, 1.807) is 12.3 Å². The summed E-state index contributed by atoms with van der Waals surface area (Å²) in [6.45, 7) is 6.05. The molecule has 0 aliphatic rings. The molecule has 0 bridgehead atoms. The van der Waals surface area contributed by atoms with E-state index in [4.69, 9.17) is 4.74 Å². The summed E-state index contributed by atoms with van der Waals surface area (Å²) in [6.07, 6.45) is 1.80. The molecule has 3 nitrogen and oxygen atoms in total. The van der Waals surface area contributed by atoms with Gasteiger partial charge < -0.3 is 9.84 Å². The number of ether oxygens (including phenoxy) is 1. The Morgan fingerprint density at radius 2 is 1.84 bits per heavy atom. The second-order valence-corrected chi connectivity index (χ2v) is 4.69. The monoisotopic (exact) mass is 257 g/mol. The van der Waals surface area contributed by atoms with Crippen LogP contribution in [0.5, 0.6) is 11.5 Å². The van der Waals surface area contributed by atoms with E-state index < -0.39 is 6.10 Å². The van der Waals surface area contributed by atoms with Crippen molar-refractivity contribution in [2.75, 3.05) is 0 Å². The SMILES string of the molecule is CC[C@@H](O)c1ccc(Oc2ccc(C)c(C)c2)cn1. The van der Waals surface area contributed by atoms with Gasteiger partial charge in [-0.1, -0.05) is 13.0 Å². The first kappa shape index (κ1) is 13.6. The summed E-state index contributed by atoms with van der Waals surface area (Å²) in [5, 5.41) is 9.67. The highest BCUT2D eigenvalue weighted by Gasteiger charge is 2.06. The molecule has 1 atom stereocenters. The number of aliphatic hydroxyl groups is 1. The van der Waals surface area contributed by atoms with Crippen LogP contribution in [0.15, 0.2) is 36.5 Å². The molecule has 19 heavy (non-hydrogen) atoms. The minimum absolute atomic E-state index is 0.504. The molecule has 1 aromatic carbocycles. The van der Waals surface area contributed by atoms with Gasteiger partial charge in [-0.3, -0.25) is 4.98 Å². The Bertz CT molecular complexity index is 549. The summed E-state index contributed by atoms with van der Waals surface area (Å²) in [5.74, 6) is 1.48. The van der Waals surface area contributed by atoms with Gasteiger partial charge in [0.15, 0.2) is 0 Å². The van der Waals surface area contributed by atoms with E-state index in [1.807, 2.05) is 31.2 Å². The fraction of sp³-hybridized carbons (Fsp3) is 0.312. The summed E-state index contributed by atoms with van der Waals surface area (Å²) in [5.41, 5.74) is 3.12. The summed E-state index contributed by atoms with van der Waals surface area (Å²) in [6, 6.07) is 9.61. The van der Waals surface area contributed by atoms with Crippen LogP contribution in [0, 0.1) is 13.8 Å². The first-order valence-corrected chi connectivity index (χ1v) is 6.49. The van der Waals surface area contributed by atoms with Crippen LogP contribution < -0.4 is 4.74 Å². The van der Waals surface area contributed by atoms with Crippen molar-refractivity contribution in [3.63, 3.8) is 0 Å². The number of aryl methyl sites for hydroxylation is 2. The number of rotatable bonds is 4. The highest BCUT2D eigenvalue weighted by molar-refractivity contribution is 5.36. The molecule has 0 radical (unpaired) electrons. The topological polar surface area (TPSA) is 42.4 Å². The highest BCUT2D eigenvalue weighted by Crippen LogP contribution is 2.24. The quantitative estimate of drug-likeness (QED) is 0.902. The Kier molecular flexibility index (Phi) is 4.17. The summed E-state index contributed by atoms with van der Waals surface area (Å²) in [4.78, 5) is 4.21. The molecule has 0 aliphatic carbocycles. The van der Waals surface area contributed by atoms with Crippen LogP contribution in [-0.2, 0) is 0 Å². The molecule has 0 unspecified atom stereocenters. The minimum Gasteiger partial charge on any atom is -0.456 e. The Morgan fingerprint density at radius 1 is 1.11 bits per heavy atom. The van der Waals surface area contributed by atoms with Gasteiger partial charge in [0, 0.05) is 0 Å². The molecule has 2 rings (SSSR count). The van der Waals surface area contributed by atoms with Gasteiger partial charge in [-0.15, -0.1) is 0 Å². The normalized spacial score (nSPS) is 12.2.